The van der Waals surface area contributed by atoms with Crippen LogP contribution in [0.25, 0.3) is 0 Å². The fraction of sp³-hybridized carbons (Fsp3) is 0.367. The van der Waals surface area contributed by atoms with Crippen molar-refractivity contribution in [3.8, 4) is 5.75 Å². The highest BCUT2D eigenvalue weighted by Crippen LogP contribution is 2.34. The summed E-state index contributed by atoms with van der Waals surface area (Å²) >= 11 is 0. The summed E-state index contributed by atoms with van der Waals surface area (Å²) in [4.78, 5) is 15.5. The number of nitrogens with one attached hydrogen (secondary N) is 1. The van der Waals surface area contributed by atoms with E-state index in [1.807, 2.05) is 17.0 Å². The number of piperazine rings is 1. The zero-order valence-corrected chi connectivity index (χ0v) is 21.9. The van der Waals surface area contributed by atoms with Crippen molar-refractivity contribution in [2.75, 3.05) is 47.9 Å². The van der Waals surface area contributed by atoms with E-state index in [9.17, 15) is 26.7 Å². The zero-order valence-electron chi connectivity index (χ0n) is 21.9. The number of anilines is 3. The van der Waals surface area contributed by atoms with Gasteiger partial charge in [-0.25, -0.2) is 22.0 Å². The largest absolute Gasteiger partial charge is 0.484 e. The van der Waals surface area contributed by atoms with E-state index in [4.69, 9.17) is 4.74 Å². The topological polar surface area (TPSA) is 44.8 Å². The predicted octanol–water partition coefficient (Wildman–Crippen LogP) is 6.77. The second-order valence-electron chi connectivity index (χ2n) is 10.2. The molecule has 1 N–H and O–H groups in total. The Labute approximate surface area is 229 Å². The zero-order chi connectivity index (χ0) is 28.2. The molecule has 2 fully saturated rings. The van der Waals surface area contributed by atoms with Gasteiger partial charge in [-0.05, 0) is 60.7 Å². The number of rotatable bonds is 7. The van der Waals surface area contributed by atoms with Crippen LogP contribution in [0.5, 0.6) is 5.75 Å². The molecule has 10 heteroatoms. The molecule has 5 rings (SSSR count). The lowest BCUT2D eigenvalue weighted by molar-refractivity contribution is -0.118. The molecule has 0 radical (unpaired) electrons. The van der Waals surface area contributed by atoms with Gasteiger partial charge in [-0.2, -0.15) is 0 Å². The minimum atomic E-state index is -2.17. The number of benzene rings is 3. The monoisotopic (exact) mass is 559 g/mol. The molecule has 1 saturated heterocycles. The van der Waals surface area contributed by atoms with Gasteiger partial charge in [0.05, 0.1) is 0 Å². The van der Waals surface area contributed by atoms with E-state index in [2.05, 4.69) is 17.4 Å². The normalized spacial score (nSPS) is 16.2. The highest BCUT2D eigenvalue weighted by molar-refractivity contribution is 5.92. The fourth-order valence-corrected chi connectivity index (χ4v) is 5.43. The van der Waals surface area contributed by atoms with Gasteiger partial charge < -0.3 is 19.9 Å². The molecule has 0 bridgehead atoms. The van der Waals surface area contributed by atoms with Gasteiger partial charge in [-0.3, -0.25) is 4.79 Å². The van der Waals surface area contributed by atoms with Crippen LogP contribution in [0.2, 0.25) is 0 Å². The second-order valence-corrected chi connectivity index (χ2v) is 10.2. The summed E-state index contributed by atoms with van der Waals surface area (Å²) in [6.07, 6.45) is 6.28. The molecular formula is C30H30F5N3O2. The second kappa shape index (κ2) is 12.1. The van der Waals surface area contributed by atoms with E-state index in [-0.39, 0.29) is 25.6 Å². The Bertz CT molecular complexity index is 1310. The molecule has 212 valence electrons. The highest BCUT2D eigenvalue weighted by Gasteiger charge is 2.30. The Kier molecular flexibility index (Phi) is 8.42. The Hall–Kier alpha value is -3.82. The summed E-state index contributed by atoms with van der Waals surface area (Å²) in [5.74, 6) is -8.79. The lowest BCUT2D eigenvalue weighted by Gasteiger charge is -2.37. The molecule has 1 heterocycles. The number of amides is 1. The van der Waals surface area contributed by atoms with Gasteiger partial charge >= 0.3 is 0 Å². The van der Waals surface area contributed by atoms with Crippen LogP contribution in [-0.4, -0.2) is 38.7 Å². The molecule has 1 saturated carbocycles. The smallest absolute Gasteiger partial charge is 0.262 e. The van der Waals surface area contributed by atoms with Crippen molar-refractivity contribution in [2.45, 2.75) is 38.0 Å². The first-order chi connectivity index (χ1) is 19.3. The van der Waals surface area contributed by atoms with Gasteiger partial charge in [-0.1, -0.05) is 31.4 Å². The highest BCUT2D eigenvalue weighted by atomic mass is 19.2. The first-order valence-corrected chi connectivity index (χ1v) is 13.5. The average Bonchev–Trinajstić information content (AvgIpc) is 2.99. The predicted molar refractivity (Wildman–Crippen MR) is 143 cm³/mol. The van der Waals surface area contributed by atoms with Crippen LogP contribution in [0.4, 0.5) is 39.0 Å². The molecule has 0 unspecified atom stereocenters. The minimum Gasteiger partial charge on any atom is -0.484 e. The lowest BCUT2D eigenvalue weighted by Crippen LogP contribution is -2.47. The van der Waals surface area contributed by atoms with E-state index in [0.29, 0.717) is 30.4 Å². The maximum Gasteiger partial charge on any atom is 0.262 e. The Balaban J connectivity index is 1.11. The van der Waals surface area contributed by atoms with Gasteiger partial charge in [0.15, 0.2) is 29.9 Å². The maximum atomic E-state index is 14.2. The van der Waals surface area contributed by atoms with E-state index in [1.165, 1.54) is 37.7 Å². The Morgan fingerprint density at radius 2 is 1.27 bits per heavy atom. The first kappa shape index (κ1) is 27.7. The quantitative estimate of drug-likeness (QED) is 0.197. The SMILES string of the molecule is O=C(COc1ccc(C2CCCCC2)cc1)Nc1ccc(N2CCN(c3c(F)c(F)c(F)c(F)c3F)CC2)cc1. The third-order valence-electron chi connectivity index (χ3n) is 7.63. The molecular weight excluding hydrogens is 529 g/mol. The summed E-state index contributed by atoms with van der Waals surface area (Å²) in [6, 6.07) is 15.0. The van der Waals surface area contributed by atoms with Crippen LogP contribution < -0.4 is 19.9 Å². The molecule has 40 heavy (non-hydrogen) atoms. The number of halogens is 5. The maximum absolute atomic E-state index is 14.2. The molecule has 2 aliphatic rings. The van der Waals surface area contributed by atoms with Gasteiger partial charge in [0.2, 0.25) is 5.82 Å². The Morgan fingerprint density at radius 1 is 0.725 bits per heavy atom. The summed E-state index contributed by atoms with van der Waals surface area (Å²) < 4.78 is 74.6. The molecule has 3 aromatic rings. The minimum absolute atomic E-state index is 0.0653. The van der Waals surface area contributed by atoms with E-state index >= 15 is 0 Å². The van der Waals surface area contributed by atoms with Gasteiger partial charge in [0.25, 0.3) is 5.91 Å². The van der Waals surface area contributed by atoms with E-state index in [0.717, 1.165) is 10.6 Å². The van der Waals surface area contributed by atoms with E-state index < -0.39 is 34.8 Å². The number of nitrogens with zero attached hydrogens (tertiary/aromatic N) is 2. The third-order valence-corrected chi connectivity index (χ3v) is 7.63. The third kappa shape index (κ3) is 6.00. The fourth-order valence-electron chi connectivity index (χ4n) is 5.43. The molecule has 0 aromatic heterocycles. The average molecular weight is 560 g/mol. The Morgan fingerprint density at radius 3 is 1.88 bits per heavy atom. The number of hydrogen-bond acceptors (Lipinski definition) is 4. The van der Waals surface area contributed by atoms with Crippen molar-refractivity contribution in [2.24, 2.45) is 0 Å². The van der Waals surface area contributed by atoms with Crippen LogP contribution in [0.1, 0.15) is 43.6 Å². The van der Waals surface area contributed by atoms with Crippen LogP contribution in [0, 0.1) is 29.1 Å². The van der Waals surface area contributed by atoms with E-state index in [1.54, 1.807) is 24.3 Å². The summed E-state index contributed by atoms with van der Waals surface area (Å²) in [5.41, 5.74) is 1.78. The van der Waals surface area contributed by atoms with Crippen LogP contribution in [0.3, 0.4) is 0 Å². The van der Waals surface area contributed by atoms with Crippen molar-refractivity contribution >= 4 is 23.0 Å². The number of ether oxygens (including phenoxy) is 1. The number of hydrogen-bond donors (Lipinski definition) is 1. The molecule has 1 aliphatic heterocycles. The lowest BCUT2D eigenvalue weighted by atomic mass is 9.84. The van der Waals surface area contributed by atoms with Gasteiger partial charge in [0, 0.05) is 37.6 Å². The van der Waals surface area contributed by atoms with Crippen LogP contribution >= 0.6 is 0 Å². The van der Waals surface area contributed by atoms with Gasteiger partial charge in [-0.15, -0.1) is 0 Å². The standard InChI is InChI=1S/C30H30F5N3O2/c31-25-26(32)28(34)30(29(35)27(25)33)38-16-14-37(15-17-38)22-10-8-21(9-11-22)36-24(39)18-40-23-12-6-20(7-13-23)19-4-2-1-3-5-19/h6-13,19H,1-5,14-18H2,(H,36,39). The molecule has 0 spiro atoms. The van der Waals surface area contributed by atoms with Gasteiger partial charge in [0.1, 0.15) is 11.4 Å². The van der Waals surface area contributed by atoms with Crippen molar-refractivity contribution in [1.82, 2.24) is 0 Å². The molecule has 1 amide bonds. The summed E-state index contributed by atoms with van der Waals surface area (Å²) in [6.45, 7) is 0.604. The van der Waals surface area contributed by atoms with Crippen molar-refractivity contribution in [1.29, 1.82) is 0 Å². The molecule has 5 nitrogen and oxygen atoms in total. The molecule has 1 aliphatic carbocycles. The van der Waals surface area contributed by atoms with Crippen molar-refractivity contribution in [3.05, 3.63) is 83.2 Å². The first-order valence-electron chi connectivity index (χ1n) is 13.5. The van der Waals surface area contributed by atoms with Crippen LogP contribution in [0.15, 0.2) is 48.5 Å². The summed E-state index contributed by atoms with van der Waals surface area (Å²) in [5, 5.41) is 2.79. The molecule has 0 atom stereocenters. The van der Waals surface area contributed by atoms with Crippen molar-refractivity contribution < 1.29 is 31.5 Å². The summed E-state index contributed by atoms with van der Waals surface area (Å²) in [7, 11) is 0. The van der Waals surface area contributed by atoms with Crippen LogP contribution in [-0.2, 0) is 4.79 Å². The van der Waals surface area contributed by atoms with Crippen molar-refractivity contribution in [3.63, 3.8) is 0 Å². The number of carbonyl (C=O) groups excluding carboxylic acids is 1. The number of carbonyl (C=O) groups is 1. The molecule has 3 aromatic carbocycles.